The first-order chi connectivity index (χ1) is 8.32. The third-order valence-corrected chi connectivity index (χ3v) is 3.25. The van der Waals surface area contributed by atoms with Gasteiger partial charge in [-0.05, 0) is 35.2 Å². The molecule has 100 valence electrons. The van der Waals surface area contributed by atoms with E-state index in [2.05, 4.69) is 34.8 Å². The first kappa shape index (κ1) is 14.9. The van der Waals surface area contributed by atoms with E-state index in [0.29, 0.717) is 16.2 Å². The molecule has 0 saturated heterocycles. The summed E-state index contributed by atoms with van der Waals surface area (Å²) in [6, 6.07) is 1.69. The highest BCUT2D eigenvalue weighted by atomic mass is 79.9. The number of nitro groups is 1. The minimum atomic E-state index is -0.397. The molecular formula is C12H18BrN3O2. The number of halogens is 1. The maximum atomic E-state index is 11.0. The molecule has 0 bridgehead atoms. The van der Waals surface area contributed by atoms with Crippen LogP contribution >= 0.6 is 15.9 Å². The Balaban J connectivity index is 3.04. The average molecular weight is 316 g/mol. The van der Waals surface area contributed by atoms with Gasteiger partial charge in [0.25, 0.3) is 0 Å². The standard InChI is InChI=1S/C12H18BrN3O2/c1-8(2)5-9(3)15(4)12-11(16(17)18)6-10(13)7-14-12/h6-9H,5H2,1-4H3. The van der Waals surface area contributed by atoms with Gasteiger partial charge in [-0.25, -0.2) is 4.98 Å². The number of hydrogen-bond donors (Lipinski definition) is 0. The molecule has 0 aromatic carbocycles. The van der Waals surface area contributed by atoms with E-state index in [-0.39, 0.29) is 11.7 Å². The zero-order chi connectivity index (χ0) is 13.9. The molecule has 0 N–H and O–H groups in total. The predicted octanol–water partition coefficient (Wildman–Crippen LogP) is 3.62. The zero-order valence-electron chi connectivity index (χ0n) is 11.1. The lowest BCUT2D eigenvalue weighted by Gasteiger charge is -2.26. The Morgan fingerprint density at radius 3 is 2.61 bits per heavy atom. The molecule has 1 unspecified atom stereocenters. The van der Waals surface area contributed by atoms with Gasteiger partial charge in [0.2, 0.25) is 5.82 Å². The summed E-state index contributed by atoms with van der Waals surface area (Å²) in [5, 5.41) is 11.0. The first-order valence-corrected chi connectivity index (χ1v) is 6.65. The summed E-state index contributed by atoms with van der Waals surface area (Å²) in [6.45, 7) is 6.31. The predicted molar refractivity (Wildman–Crippen MR) is 75.9 cm³/mol. The zero-order valence-corrected chi connectivity index (χ0v) is 12.6. The molecule has 0 aliphatic heterocycles. The number of hydrogen-bond acceptors (Lipinski definition) is 4. The maximum absolute atomic E-state index is 11.0. The fourth-order valence-electron chi connectivity index (χ4n) is 1.88. The van der Waals surface area contributed by atoms with E-state index < -0.39 is 4.92 Å². The number of nitrogens with zero attached hydrogens (tertiary/aromatic N) is 3. The number of anilines is 1. The quantitative estimate of drug-likeness (QED) is 0.615. The second kappa shape index (κ2) is 6.13. The Morgan fingerprint density at radius 2 is 2.11 bits per heavy atom. The van der Waals surface area contributed by atoms with Crippen molar-refractivity contribution in [3.63, 3.8) is 0 Å². The first-order valence-electron chi connectivity index (χ1n) is 5.85. The van der Waals surface area contributed by atoms with Crippen molar-refractivity contribution < 1.29 is 4.92 Å². The lowest BCUT2D eigenvalue weighted by Crippen LogP contribution is -2.31. The molecule has 0 fully saturated rings. The van der Waals surface area contributed by atoms with Crippen molar-refractivity contribution in [1.82, 2.24) is 4.98 Å². The van der Waals surface area contributed by atoms with Gasteiger partial charge in [-0.15, -0.1) is 0 Å². The Labute approximate surface area is 115 Å². The van der Waals surface area contributed by atoms with E-state index >= 15 is 0 Å². The minimum absolute atomic E-state index is 0.0301. The van der Waals surface area contributed by atoms with Gasteiger partial charge in [0.15, 0.2) is 0 Å². The molecule has 0 saturated carbocycles. The molecule has 0 radical (unpaired) electrons. The highest BCUT2D eigenvalue weighted by Gasteiger charge is 2.22. The van der Waals surface area contributed by atoms with Crippen LogP contribution in [0.3, 0.4) is 0 Å². The molecule has 0 amide bonds. The summed E-state index contributed by atoms with van der Waals surface area (Å²) in [6.07, 6.45) is 2.55. The largest absolute Gasteiger partial charge is 0.351 e. The van der Waals surface area contributed by atoms with Crippen molar-refractivity contribution in [2.45, 2.75) is 33.2 Å². The summed E-state index contributed by atoms with van der Waals surface area (Å²) in [7, 11) is 1.84. The molecule has 0 spiro atoms. The highest BCUT2D eigenvalue weighted by molar-refractivity contribution is 9.10. The Morgan fingerprint density at radius 1 is 1.50 bits per heavy atom. The van der Waals surface area contributed by atoms with Gasteiger partial charge in [0, 0.05) is 29.8 Å². The topological polar surface area (TPSA) is 59.3 Å². The number of aromatic nitrogens is 1. The third-order valence-electron chi connectivity index (χ3n) is 2.82. The Kier molecular flexibility index (Phi) is 5.07. The molecule has 1 aromatic rings. The van der Waals surface area contributed by atoms with Gasteiger partial charge in [-0.2, -0.15) is 0 Å². The van der Waals surface area contributed by atoms with Crippen LogP contribution in [0.15, 0.2) is 16.7 Å². The third kappa shape index (κ3) is 3.66. The van der Waals surface area contributed by atoms with E-state index in [9.17, 15) is 10.1 Å². The van der Waals surface area contributed by atoms with E-state index in [4.69, 9.17) is 0 Å². The van der Waals surface area contributed by atoms with E-state index in [1.54, 1.807) is 6.20 Å². The van der Waals surface area contributed by atoms with Crippen LogP contribution < -0.4 is 4.90 Å². The molecule has 1 rings (SSSR count). The van der Waals surface area contributed by atoms with Gasteiger partial charge in [-0.3, -0.25) is 10.1 Å². The van der Waals surface area contributed by atoms with Crippen LogP contribution in [0.5, 0.6) is 0 Å². The summed E-state index contributed by atoms with van der Waals surface area (Å²) in [4.78, 5) is 16.7. The lowest BCUT2D eigenvalue weighted by atomic mass is 10.0. The molecule has 0 aliphatic carbocycles. The van der Waals surface area contributed by atoms with Gasteiger partial charge in [-0.1, -0.05) is 13.8 Å². The second-order valence-corrected chi connectivity index (χ2v) is 5.76. The molecule has 1 heterocycles. The van der Waals surface area contributed by atoms with Gasteiger partial charge in [0.05, 0.1) is 4.92 Å². The number of rotatable bonds is 5. The fourth-order valence-corrected chi connectivity index (χ4v) is 2.20. The molecule has 1 atom stereocenters. The van der Waals surface area contributed by atoms with E-state index in [1.165, 1.54) is 6.07 Å². The monoisotopic (exact) mass is 315 g/mol. The minimum Gasteiger partial charge on any atom is -0.351 e. The van der Waals surface area contributed by atoms with Gasteiger partial charge >= 0.3 is 5.69 Å². The van der Waals surface area contributed by atoms with Crippen molar-refractivity contribution in [3.8, 4) is 0 Å². The number of pyridine rings is 1. The van der Waals surface area contributed by atoms with Crippen LogP contribution in [0.4, 0.5) is 11.5 Å². The molecule has 5 nitrogen and oxygen atoms in total. The van der Waals surface area contributed by atoms with Crippen LogP contribution in [0, 0.1) is 16.0 Å². The Hall–Kier alpha value is -1.17. The van der Waals surface area contributed by atoms with Crippen LogP contribution in [-0.2, 0) is 0 Å². The maximum Gasteiger partial charge on any atom is 0.312 e. The highest BCUT2D eigenvalue weighted by Crippen LogP contribution is 2.29. The molecule has 18 heavy (non-hydrogen) atoms. The van der Waals surface area contributed by atoms with Crippen molar-refractivity contribution in [1.29, 1.82) is 0 Å². The van der Waals surface area contributed by atoms with E-state index in [1.807, 2.05) is 18.9 Å². The lowest BCUT2D eigenvalue weighted by molar-refractivity contribution is -0.384. The Bertz CT molecular complexity index is 437. The summed E-state index contributed by atoms with van der Waals surface area (Å²) < 4.78 is 0.614. The normalized spacial score (nSPS) is 12.6. The van der Waals surface area contributed by atoms with Crippen LogP contribution in [0.1, 0.15) is 27.2 Å². The van der Waals surface area contributed by atoms with Gasteiger partial charge < -0.3 is 4.90 Å². The van der Waals surface area contributed by atoms with Crippen LogP contribution in [0.2, 0.25) is 0 Å². The smallest absolute Gasteiger partial charge is 0.312 e. The van der Waals surface area contributed by atoms with Gasteiger partial charge in [0.1, 0.15) is 0 Å². The average Bonchev–Trinajstić information content (AvgIpc) is 2.26. The van der Waals surface area contributed by atoms with Crippen molar-refractivity contribution >= 4 is 27.4 Å². The summed E-state index contributed by atoms with van der Waals surface area (Å²) in [5.74, 6) is 0.952. The summed E-state index contributed by atoms with van der Waals surface area (Å²) >= 11 is 3.21. The van der Waals surface area contributed by atoms with E-state index in [0.717, 1.165) is 6.42 Å². The molecular weight excluding hydrogens is 298 g/mol. The molecule has 0 aliphatic rings. The molecule has 6 heteroatoms. The SMILES string of the molecule is CC(C)CC(C)N(C)c1ncc(Br)cc1[N+](=O)[O-]. The van der Waals surface area contributed by atoms with Crippen molar-refractivity contribution in [2.75, 3.05) is 11.9 Å². The van der Waals surface area contributed by atoms with Crippen molar-refractivity contribution in [2.24, 2.45) is 5.92 Å². The summed E-state index contributed by atoms with van der Waals surface area (Å²) in [5.41, 5.74) is 0.0301. The van der Waals surface area contributed by atoms with Crippen LogP contribution in [0.25, 0.3) is 0 Å². The fraction of sp³-hybridized carbons (Fsp3) is 0.583. The van der Waals surface area contributed by atoms with Crippen LogP contribution in [-0.4, -0.2) is 23.0 Å². The van der Waals surface area contributed by atoms with Crippen molar-refractivity contribution in [3.05, 3.63) is 26.9 Å². The second-order valence-electron chi connectivity index (χ2n) is 4.84. The molecule has 1 aromatic heterocycles.